The van der Waals surface area contributed by atoms with Crippen LogP contribution in [0.5, 0.6) is 5.75 Å². The fourth-order valence-electron chi connectivity index (χ4n) is 1.03. The monoisotopic (exact) mass is 273 g/mol. The molecule has 1 atom stereocenters. The van der Waals surface area contributed by atoms with Gasteiger partial charge in [0.05, 0.1) is 11.7 Å². The summed E-state index contributed by atoms with van der Waals surface area (Å²) in [5.74, 6) is -0.490. The molecule has 0 saturated carbocycles. The molecule has 3 N–H and O–H groups in total. The molecule has 1 aromatic rings. The van der Waals surface area contributed by atoms with Crippen LogP contribution in [-0.4, -0.2) is 28.8 Å². The lowest BCUT2D eigenvalue weighted by Gasteiger charge is -2.08. The average Bonchev–Trinajstić information content (AvgIpc) is 2.18. The minimum absolute atomic E-state index is 0.0821. The van der Waals surface area contributed by atoms with E-state index in [9.17, 15) is 9.90 Å². The second kappa shape index (κ2) is 5.14. The second-order valence-corrected chi connectivity index (χ2v) is 4.14. The Balaban J connectivity index is 2.77. The van der Waals surface area contributed by atoms with Crippen molar-refractivity contribution in [1.82, 2.24) is 5.32 Å². The summed E-state index contributed by atoms with van der Waals surface area (Å²) in [6.07, 6.45) is -0.608. The minimum atomic E-state index is -0.608. The first kappa shape index (κ1) is 12.0. The lowest BCUT2D eigenvalue weighted by Crippen LogP contribution is -2.30. The Morgan fingerprint density at radius 2 is 2.27 bits per heavy atom. The van der Waals surface area contributed by atoms with Crippen LogP contribution < -0.4 is 5.32 Å². The molecule has 0 fully saturated rings. The van der Waals surface area contributed by atoms with Crippen molar-refractivity contribution in [3.8, 4) is 5.75 Å². The van der Waals surface area contributed by atoms with Gasteiger partial charge in [-0.3, -0.25) is 4.79 Å². The van der Waals surface area contributed by atoms with Gasteiger partial charge in [0.2, 0.25) is 0 Å². The van der Waals surface area contributed by atoms with E-state index in [1.165, 1.54) is 12.1 Å². The smallest absolute Gasteiger partial charge is 0.255 e. The van der Waals surface area contributed by atoms with Gasteiger partial charge in [-0.05, 0) is 25.1 Å². The van der Waals surface area contributed by atoms with Crippen molar-refractivity contribution in [2.24, 2.45) is 0 Å². The number of carbonyl (C=O) groups is 1. The predicted octanol–water partition coefficient (Wildman–Crippen LogP) is 1.27. The van der Waals surface area contributed by atoms with Crippen molar-refractivity contribution >= 4 is 21.8 Å². The summed E-state index contributed by atoms with van der Waals surface area (Å²) in [5, 5.41) is 20.9. The molecule has 0 bridgehead atoms. The number of hydrogen-bond donors (Lipinski definition) is 3. The molecule has 15 heavy (non-hydrogen) atoms. The maximum atomic E-state index is 11.5. The van der Waals surface area contributed by atoms with Gasteiger partial charge in [0.15, 0.2) is 0 Å². The van der Waals surface area contributed by atoms with E-state index in [0.717, 1.165) is 0 Å². The van der Waals surface area contributed by atoms with E-state index >= 15 is 0 Å². The van der Waals surface area contributed by atoms with E-state index in [1.54, 1.807) is 13.0 Å². The molecule has 0 radical (unpaired) electrons. The van der Waals surface area contributed by atoms with Crippen LogP contribution >= 0.6 is 15.9 Å². The first-order valence-electron chi connectivity index (χ1n) is 4.45. The molecule has 82 valence electrons. The number of halogens is 1. The number of aliphatic hydroxyl groups excluding tert-OH is 1. The third-order valence-electron chi connectivity index (χ3n) is 1.76. The molecule has 0 aliphatic heterocycles. The number of phenolic OH excluding ortho intramolecular Hbond substituents is 1. The van der Waals surface area contributed by atoms with Gasteiger partial charge in [0.1, 0.15) is 5.75 Å². The highest BCUT2D eigenvalue weighted by Gasteiger charge is 2.11. The highest BCUT2D eigenvalue weighted by molar-refractivity contribution is 9.10. The van der Waals surface area contributed by atoms with Crippen LogP contribution in [-0.2, 0) is 0 Å². The van der Waals surface area contributed by atoms with E-state index < -0.39 is 12.0 Å². The van der Waals surface area contributed by atoms with Crippen molar-refractivity contribution < 1.29 is 15.0 Å². The van der Waals surface area contributed by atoms with E-state index in [1.807, 2.05) is 0 Å². The molecule has 4 nitrogen and oxygen atoms in total. The van der Waals surface area contributed by atoms with Gasteiger partial charge in [-0.25, -0.2) is 0 Å². The predicted molar refractivity (Wildman–Crippen MR) is 59.8 cm³/mol. The number of carbonyl (C=O) groups excluding carboxylic acids is 1. The zero-order valence-electron chi connectivity index (χ0n) is 8.20. The number of amides is 1. The highest BCUT2D eigenvalue weighted by Crippen LogP contribution is 2.21. The van der Waals surface area contributed by atoms with E-state index in [0.29, 0.717) is 4.47 Å². The Morgan fingerprint density at radius 3 is 2.87 bits per heavy atom. The maximum absolute atomic E-state index is 11.5. The summed E-state index contributed by atoms with van der Waals surface area (Å²) in [5.41, 5.74) is 0.185. The molecule has 0 aliphatic rings. The fourth-order valence-corrected chi connectivity index (χ4v) is 1.39. The van der Waals surface area contributed by atoms with Crippen molar-refractivity contribution in [3.05, 3.63) is 28.2 Å². The van der Waals surface area contributed by atoms with Crippen molar-refractivity contribution in [3.63, 3.8) is 0 Å². The standard InChI is InChI=1S/C10H12BrNO3/c1-6(13)5-12-10(15)8-4-7(11)2-3-9(8)14/h2-4,6,13-14H,5H2,1H3,(H,12,15)/t6-/m1/s1. The van der Waals surface area contributed by atoms with E-state index in [4.69, 9.17) is 5.11 Å². The number of nitrogens with one attached hydrogen (secondary N) is 1. The highest BCUT2D eigenvalue weighted by atomic mass is 79.9. The summed E-state index contributed by atoms with van der Waals surface area (Å²) >= 11 is 3.20. The summed E-state index contributed by atoms with van der Waals surface area (Å²) < 4.78 is 0.711. The molecule has 0 heterocycles. The Bertz CT molecular complexity index is 366. The first-order valence-corrected chi connectivity index (χ1v) is 5.25. The zero-order chi connectivity index (χ0) is 11.4. The topological polar surface area (TPSA) is 69.6 Å². The first-order chi connectivity index (χ1) is 7.00. The van der Waals surface area contributed by atoms with Crippen LogP contribution in [0, 0.1) is 0 Å². The summed E-state index contributed by atoms with van der Waals surface area (Å²) in [6, 6.07) is 4.59. The molecule has 5 heteroatoms. The van der Waals surface area contributed by atoms with Crippen LogP contribution in [0.25, 0.3) is 0 Å². The SMILES string of the molecule is C[C@@H](O)CNC(=O)c1cc(Br)ccc1O. The molecular formula is C10H12BrNO3. The molecule has 0 spiro atoms. The Hall–Kier alpha value is -1.07. The van der Waals surface area contributed by atoms with Gasteiger partial charge in [-0.1, -0.05) is 15.9 Å². The number of benzene rings is 1. The lowest BCUT2D eigenvalue weighted by atomic mass is 10.2. The van der Waals surface area contributed by atoms with Crippen molar-refractivity contribution in [2.75, 3.05) is 6.54 Å². The third-order valence-corrected chi connectivity index (χ3v) is 2.25. The van der Waals surface area contributed by atoms with Crippen LogP contribution in [0.1, 0.15) is 17.3 Å². The van der Waals surface area contributed by atoms with Gasteiger partial charge in [-0.2, -0.15) is 0 Å². The van der Waals surface area contributed by atoms with Crippen LogP contribution in [0.3, 0.4) is 0 Å². The Morgan fingerprint density at radius 1 is 1.60 bits per heavy atom. The quantitative estimate of drug-likeness (QED) is 0.777. The number of aromatic hydroxyl groups is 1. The Kier molecular flexibility index (Phi) is 4.11. The van der Waals surface area contributed by atoms with E-state index in [2.05, 4.69) is 21.2 Å². The molecule has 1 amide bonds. The van der Waals surface area contributed by atoms with E-state index in [-0.39, 0.29) is 17.9 Å². The van der Waals surface area contributed by atoms with Gasteiger partial charge < -0.3 is 15.5 Å². The number of rotatable bonds is 3. The molecular weight excluding hydrogens is 262 g/mol. The van der Waals surface area contributed by atoms with Gasteiger partial charge in [0.25, 0.3) is 5.91 Å². The molecule has 0 aliphatic carbocycles. The summed E-state index contributed by atoms with van der Waals surface area (Å²) in [4.78, 5) is 11.5. The van der Waals surface area contributed by atoms with Crippen LogP contribution in [0.15, 0.2) is 22.7 Å². The van der Waals surface area contributed by atoms with Crippen molar-refractivity contribution in [2.45, 2.75) is 13.0 Å². The number of phenols is 1. The van der Waals surface area contributed by atoms with Crippen LogP contribution in [0.2, 0.25) is 0 Å². The molecule has 1 aromatic carbocycles. The largest absolute Gasteiger partial charge is 0.507 e. The second-order valence-electron chi connectivity index (χ2n) is 3.22. The molecule has 1 rings (SSSR count). The summed E-state index contributed by atoms with van der Waals surface area (Å²) in [6.45, 7) is 1.73. The van der Waals surface area contributed by atoms with Gasteiger partial charge in [0, 0.05) is 11.0 Å². The zero-order valence-corrected chi connectivity index (χ0v) is 9.78. The average molecular weight is 274 g/mol. The lowest BCUT2D eigenvalue weighted by molar-refractivity contribution is 0.0921. The number of aliphatic hydroxyl groups is 1. The molecule has 0 aromatic heterocycles. The van der Waals surface area contributed by atoms with Gasteiger partial charge in [-0.15, -0.1) is 0 Å². The third kappa shape index (κ3) is 3.53. The maximum Gasteiger partial charge on any atom is 0.255 e. The fraction of sp³-hybridized carbons (Fsp3) is 0.300. The van der Waals surface area contributed by atoms with Gasteiger partial charge >= 0.3 is 0 Å². The minimum Gasteiger partial charge on any atom is -0.507 e. The molecule has 0 saturated heterocycles. The number of hydrogen-bond acceptors (Lipinski definition) is 3. The summed E-state index contributed by atoms with van der Waals surface area (Å²) in [7, 11) is 0. The van der Waals surface area contributed by atoms with Crippen LogP contribution in [0.4, 0.5) is 0 Å². The van der Waals surface area contributed by atoms with Crippen molar-refractivity contribution in [1.29, 1.82) is 0 Å². The normalized spacial score (nSPS) is 12.2. The molecule has 0 unspecified atom stereocenters. The Labute approximate surface area is 96.1 Å².